The second-order valence-electron chi connectivity index (χ2n) is 7.45. The summed E-state index contributed by atoms with van der Waals surface area (Å²) in [7, 11) is 0. The number of pyridine rings is 1. The van der Waals surface area contributed by atoms with Crippen molar-refractivity contribution in [1.29, 1.82) is 0 Å². The van der Waals surface area contributed by atoms with Crippen molar-refractivity contribution in [1.82, 2.24) is 4.98 Å². The van der Waals surface area contributed by atoms with Crippen LogP contribution in [0.15, 0.2) is 36.5 Å². The van der Waals surface area contributed by atoms with Crippen molar-refractivity contribution >= 4 is 17.4 Å². The van der Waals surface area contributed by atoms with Gasteiger partial charge in [0.25, 0.3) is 0 Å². The first kappa shape index (κ1) is 18.7. The van der Waals surface area contributed by atoms with Crippen LogP contribution in [0.2, 0.25) is 0 Å². The first-order valence-corrected chi connectivity index (χ1v) is 12.5. The van der Waals surface area contributed by atoms with Gasteiger partial charge in [-0.15, -0.1) is 0 Å². The first-order valence-electron chi connectivity index (χ1n) is 9.31. The van der Waals surface area contributed by atoms with E-state index in [-0.39, 0.29) is 50.9 Å². The molecule has 1 fully saturated rings. The number of nitrogens with zero attached hydrogens (tertiary/aromatic N) is 2. The number of nitrogens with one attached hydrogen (secondary N) is 1. The minimum absolute atomic E-state index is 0.0140. The van der Waals surface area contributed by atoms with Crippen LogP contribution in [0, 0.1) is 21.2 Å². The fourth-order valence-electron chi connectivity index (χ4n) is 4.27. The Balaban J connectivity index is 1.75. The molecule has 0 spiro atoms. The summed E-state index contributed by atoms with van der Waals surface area (Å²) in [6.07, 6.45) is 4.22. The molecule has 2 aliphatic rings. The molecule has 1 aliphatic carbocycles. The number of alkyl halides is 1. The van der Waals surface area contributed by atoms with E-state index >= 15 is 0 Å². The molecule has 0 radical (unpaired) electrons. The number of rotatable bonds is 4. The monoisotopic (exact) mass is 480 g/mol. The van der Waals surface area contributed by atoms with E-state index in [1.165, 1.54) is 9.64 Å². The van der Waals surface area contributed by atoms with Crippen LogP contribution in [-0.2, 0) is 4.79 Å². The molecular weight excluding hydrogens is 456 g/mol. The number of halogens is 2. The molecule has 0 unspecified atom stereocenters. The molecule has 4 nitrogen and oxygen atoms in total. The molecule has 1 aromatic heterocycles. The SMILES string of the molecule is C[I-]c1ccc(N[C@H]2c3cc(F)ccc3N(C(C)=O)[C@@H](C3CC3)[C@@H]2C)nc1. The third kappa shape index (κ3) is 3.56. The molecular formula is C21H24FIN3O-. The van der Waals surface area contributed by atoms with Crippen molar-refractivity contribution in [3.63, 3.8) is 0 Å². The number of aromatic nitrogens is 1. The van der Waals surface area contributed by atoms with Crippen molar-refractivity contribution < 1.29 is 30.4 Å². The number of benzene rings is 1. The molecule has 6 heteroatoms. The zero-order valence-electron chi connectivity index (χ0n) is 15.7. The zero-order valence-corrected chi connectivity index (χ0v) is 17.9. The van der Waals surface area contributed by atoms with Crippen molar-refractivity contribution in [3.8, 4) is 0 Å². The first-order chi connectivity index (χ1) is 13.0. The van der Waals surface area contributed by atoms with Crippen LogP contribution in [-0.4, -0.2) is 21.9 Å². The third-order valence-corrected chi connectivity index (χ3v) is 7.52. The molecule has 1 aromatic carbocycles. The molecule has 0 saturated heterocycles. The van der Waals surface area contributed by atoms with Crippen molar-refractivity contribution in [2.45, 2.75) is 38.8 Å². The Morgan fingerprint density at radius 3 is 2.67 bits per heavy atom. The number of hydrogen-bond donors (Lipinski definition) is 1. The van der Waals surface area contributed by atoms with Gasteiger partial charge in [0, 0.05) is 0 Å². The summed E-state index contributed by atoms with van der Waals surface area (Å²) in [6.45, 7) is 3.77. The molecule has 2 heterocycles. The maximum absolute atomic E-state index is 14.1. The second kappa shape index (κ2) is 7.37. The van der Waals surface area contributed by atoms with Crippen molar-refractivity contribution in [2.24, 2.45) is 11.8 Å². The third-order valence-electron chi connectivity index (χ3n) is 5.64. The van der Waals surface area contributed by atoms with Crippen LogP contribution in [0.1, 0.15) is 38.3 Å². The van der Waals surface area contributed by atoms with Crippen LogP contribution < -0.4 is 31.4 Å². The van der Waals surface area contributed by atoms with Crippen molar-refractivity contribution in [2.75, 3.05) is 15.1 Å². The summed E-state index contributed by atoms with van der Waals surface area (Å²) in [6, 6.07) is 8.94. The Morgan fingerprint density at radius 1 is 1.30 bits per heavy atom. The quantitative estimate of drug-likeness (QED) is 0.526. The van der Waals surface area contributed by atoms with Crippen LogP contribution >= 0.6 is 0 Å². The summed E-state index contributed by atoms with van der Waals surface area (Å²) in [5, 5.41) is 3.53. The molecule has 1 saturated carbocycles. The van der Waals surface area contributed by atoms with Gasteiger partial charge in [0.05, 0.1) is 0 Å². The Labute approximate surface area is 169 Å². The van der Waals surface area contributed by atoms with Crippen LogP contribution in [0.4, 0.5) is 15.9 Å². The Morgan fingerprint density at radius 2 is 2.07 bits per heavy atom. The van der Waals surface area contributed by atoms with Crippen LogP contribution in [0.5, 0.6) is 0 Å². The topological polar surface area (TPSA) is 45.2 Å². The van der Waals surface area contributed by atoms with Gasteiger partial charge in [0.2, 0.25) is 0 Å². The van der Waals surface area contributed by atoms with E-state index in [2.05, 4.69) is 28.2 Å². The summed E-state index contributed by atoms with van der Waals surface area (Å²) in [5.41, 5.74) is 1.66. The van der Waals surface area contributed by atoms with Gasteiger partial charge in [-0.05, 0) is 0 Å². The number of fused-ring (bicyclic) bond motifs is 1. The summed E-state index contributed by atoms with van der Waals surface area (Å²) < 4.78 is 15.4. The van der Waals surface area contributed by atoms with Crippen LogP contribution in [0.25, 0.3) is 0 Å². The number of hydrogen-bond acceptors (Lipinski definition) is 3. The zero-order chi connectivity index (χ0) is 19.1. The fraction of sp³-hybridized carbons (Fsp3) is 0.429. The van der Waals surface area contributed by atoms with E-state index < -0.39 is 0 Å². The minimum atomic E-state index is -0.278. The van der Waals surface area contributed by atoms with E-state index in [9.17, 15) is 9.18 Å². The van der Waals surface area contributed by atoms with Gasteiger partial charge in [-0.3, -0.25) is 0 Å². The number of amides is 1. The van der Waals surface area contributed by atoms with Gasteiger partial charge < -0.3 is 0 Å². The van der Waals surface area contributed by atoms with E-state index in [4.69, 9.17) is 0 Å². The van der Waals surface area contributed by atoms with E-state index in [1.54, 1.807) is 19.1 Å². The predicted molar refractivity (Wildman–Crippen MR) is 100 cm³/mol. The molecule has 3 atom stereocenters. The van der Waals surface area contributed by atoms with Gasteiger partial charge in [0.15, 0.2) is 0 Å². The van der Waals surface area contributed by atoms with Gasteiger partial charge in [-0.1, -0.05) is 0 Å². The van der Waals surface area contributed by atoms with Gasteiger partial charge >= 0.3 is 170 Å². The van der Waals surface area contributed by atoms with Crippen molar-refractivity contribution in [3.05, 3.63) is 51.5 Å². The van der Waals surface area contributed by atoms with E-state index in [0.717, 1.165) is 29.9 Å². The second-order valence-corrected chi connectivity index (χ2v) is 9.78. The molecule has 0 bridgehead atoms. The van der Waals surface area contributed by atoms with Crippen LogP contribution in [0.3, 0.4) is 0 Å². The van der Waals surface area contributed by atoms with Gasteiger partial charge in [-0.2, -0.15) is 0 Å². The Kier molecular flexibility index (Phi) is 5.09. The van der Waals surface area contributed by atoms with E-state index in [0.29, 0.717) is 5.92 Å². The molecule has 1 N–H and O–H groups in total. The molecule has 2 aromatic rings. The summed E-state index contributed by atoms with van der Waals surface area (Å²) >= 11 is 0.0140. The average molecular weight is 480 g/mol. The summed E-state index contributed by atoms with van der Waals surface area (Å²) in [5.74, 6) is 1.23. The number of anilines is 2. The van der Waals surface area contributed by atoms with Gasteiger partial charge in [-0.25, -0.2) is 0 Å². The Hall–Kier alpha value is -1.70. The number of carbonyl (C=O) groups excluding carboxylic acids is 1. The molecule has 144 valence electrons. The fourth-order valence-corrected chi connectivity index (χ4v) is 5.23. The summed E-state index contributed by atoms with van der Waals surface area (Å²) in [4.78, 5) is 21.1. The molecule has 1 amide bonds. The molecule has 4 rings (SSSR count). The molecule has 1 aliphatic heterocycles. The maximum atomic E-state index is 14.1. The van der Waals surface area contributed by atoms with Gasteiger partial charge in [0.1, 0.15) is 0 Å². The molecule has 27 heavy (non-hydrogen) atoms. The van der Waals surface area contributed by atoms with E-state index in [1.807, 2.05) is 17.2 Å². The predicted octanol–water partition coefficient (Wildman–Crippen LogP) is 1.04. The Bertz CT molecular complexity index is 853. The average Bonchev–Trinajstić information content (AvgIpc) is 3.48. The normalized spacial score (nSPS) is 24.6. The standard InChI is InChI=1S/C21H24FIN3O/c1-12-20(25-19-9-7-16(23-3)11-24-19)17-10-15(22)6-8-18(17)26(13(2)27)21(12)14-4-5-14/h6-12,14,20-21H,4-5H2,1-3H3,(H,24,25)/q-1/t12-,20-,21-/m1/s1. The number of carbonyl (C=O) groups is 1.